The van der Waals surface area contributed by atoms with Crippen LogP contribution in [0.4, 0.5) is 0 Å². The van der Waals surface area contributed by atoms with E-state index in [0.29, 0.717) is 12.1 Å². The summed E-state index contributed by atoms with van der Waals surface area (Å²) in [4.78, 5) is 0. The van der Waals surface area contributed by atoms with E-state index in [1.807, 2.05) is 18.2 Å². The van der Waals surface area contributed by atoms with Crippen LogP contribution < -0.4 is 0 Å². The Balaban J connectivity index is 1.25. The summed E-state index contributed by atoms with van der Waals surface area (Å²) in [5.74, 6) is 0. The highest BCUT2D eigenvalue weighted by molar-refractivity contribution is 7.25. The van der Waals surface area contributed by atoms with Gasteiger partial charge in [-0.25, -0.2) is 0 Å². The van der Waals surface area contributed by atoms with E-state index in [4.69, 9.17) is 2.74 Å². The largest absolute Gasteiger partial charge is 0.135 e. The third kappa shape index (κ3) is 3.90. The summed E-state index contributed by atoms with van der Waals surface area (Å²) in [6.07, 6.45) is 0. The minimum atomic E-state index is 0.533. The number of benzene rings is 8. The van der Waals surface area contributed by atoms with Crippen molar-refractivity contribution in [1.82, 2.24) is 0 Å². The third-order valence-electron chi connectivity index (χ3n) is 8.70. The number of hydrogen-bond acceptors (Lipinski definition) is 1. The summed E-state index contributed by atoms with van der Waals surface area (Å²) in [6, 6.07) is 52.5. The lowest BCUT2D eigenvalue weighted by Gasteiger charge is -2.18. The summed E-state index contributed by atoms with van der Waals surface area (Å²) in [7, 11) is 0. The fourth-order valence-electron chi connectivity index (χ4n) is 6.69. The van der Waals surface area contributed by atoms with Gasteiger partial charge in [0.1, 0.15) is 0 Å². The monoisotopic (exact) mass is 564 g/mol. The summed E-state index contributed by atoms with van der Waals surface area (Å²) in [5, 5.41) is 9.39. The van der Waals surface area contributed by atoms with Crippen molar-refractivity contribution in [2.24, 2.45) is 0 Å². The van der Waals surface area contributed by atoms with Crippen molar-refractivity contribution in [3.05, 3.63) is 158 Å². The maximum atomic E-state index is 9.03. The first-order valence-corrected chi connectivity index (χ1v) is 15.4. The van der Waals surface area contributed by atoms with E-state index in [9.17, 15) is 0 Å². The van der Waals surface area contributed by atoms with E-state index in [-0.39, 0.29) is 0 Å². The van der Waals surface area contributed by atoms with Crippen LogP contribution in [0, 0.1) is 0 Å². The molecule has 9 aromatic rings. The van der Waals surface area contributed by atoms with Crippen LogP contribution in [-0.2, 0) is 0 Å². The van der Waals surface area contributed by atoms with Crippen molar-refractivity contribution >= 4 is 63.8 Å². The first kappa shape index (κ1) is 22.4. The molecular formula is C42H26S. The van der Waals surface area contributed by atoms with Crippen LogP contribution in [0.1, 0.15) is 2.74 Å². The quantitative estimate of drug-likeness (QED) is 0.187. The van der Waals surface area contributed by atoms with Gasteiger partial charge >= 0.3 is 0 Å². The fraction of sp³-hybridized carbons (Fsp3) is 0. The standard InChI is InChI=1S/C42H26S/c1-2-10-30-25-31(22-19-27(30)9-1)28-17-20-29(21-18-28)41-34-12-3-5-14-36(34)42(37-15-6-4-13-35(37)41)32-23-24-40-38(26-32)33-11-7-8-16-39(33)43-40/h1-26H/i1D,24D. The number of thiophene rings is 1. The van der Waals surface area contributed by atoms with Crippen molar-refractivity contribution < 1.29 is 2.74 Å². The third-order valence-corrected chi connectivity index (χ3v) is 9.82. The van der Waals surface area contributed by atoms with Crippen LogP contribution in [0.2, 0.25) is 0 Å². The second-order valence-corrected chi connectivity index (χ2v) is 12.2. The molecule has 0 amide bonds. The Kier molecular flexibility index (Phi) is 5.03. The molecule has 0 nitrogen and oxygen atoms in total. The van der Waals surface area contributed by atoms with Crippen molar-refractivity contribution in [3.63, 3.8) is 0 Å². The van der Waals surface area contributed by atoms with Crippen LogP contribution in [0.25, 0.3) is 85.9 Å². The maximum Gasteiger partial charge on any atom is 0.0638 e. The van der Waals surface area contributed by atoms with E-state index >= 15 is 0 Å². The molecular weight excluding hydrogens is 537 g/mol. The van der Waals surface area contributed by atoms with Gasteiger partial charge in [0.25, 0.3) is 0 Å². The number of rotatable bonds is 3. The minimum absolute atomic E-state index is 0.533. The highest BCUT2D eigenvalue weighted by Crippen LogP contribution is 2.45. The highest BCUT2D eigenvalue weighted by Gasteiger charge is 2.17. The molecule has 0 fully saturated rings. The van der Waals surface area contributed by atoms with Gasteiger partial charge < -0.3 is 0 Å². The predicted molar refractivity (Wildman–Crippen MR) is 188 cm³/mol. The highest BCUT2D eigenvalue weighted by atomic mass is 32.1. The molecule has 0 bridgehead atoms. The van der Waals surface area contributed by atoms with Gasteiger partial charge in [0, 0.05) is 20.2 Å². The molecule has 0 aliphatic carbocycles. The van der Waals surface area contributed by atoms with E-state index in [2.05, 4.69) is 127 Å². The zero-order chi connectivity index (χ0) is 30.1. The summed E-state index contributed by atoms with van der Waals surface area (Å²) < 4.78 is 19.2. The molecule has 1 heterocycles. The molecule has 0 spiro atoms. The first-order chi connectivity index (χ1) is 22.1. The van der Waals surface area contributed by atoms with Gasteiger partial charge in [0.05, 0.1) is 2.74 Å². The topological polar surface area (TPSA) is 0 Å². The van der Waals surface area contributed by atoms with Gasteiger partial charge in [-0.1, -0.05) is 133 Å². The summed E-state index contributed by atoms with van der Waals surface area (Å²) >= 11 is 1.70. The van der Waals surface area contributed by atoms with Gasteiger partial charge in [-0.3, -0.25) is 0 Å². The molecule has 0 saturated heterocycles. The van der Waals surface area contributed by atoms with Crippen molar-refractivity contribution in [2.45, 2.75) is 0 Å². The van der Waals surface area contributed by atoms with Gasteiger partial charge in [0.15, 0.2) is 0 Å². The Hall–Kier alpha value is -5.24. The van der Waals surface area contributed by atoms with Crippen LogP contribution >= 0.6 is 11.3 Å². The molecule has 0 aliphatic rings. The SMILES string of the molecule is [2H]c1ccc2cc(-c3ccc(-c4c5ccccc5c(-c5cc([2H])c6sc7ccccc7c6c5)c5ccccc45)cc3)ccc2c1. The molecule has 200 valence electrons. The molecule has 0 aliphatic heterocycles. The minimum Gasteiger partial charge on any atom is -0.135 e. The Bertz CT molecular complexity index is 2550. The molecule has 1 aromatic heterocycles. The van der Waals surface area contributed by atoms with E-state index in [1.54, 1.807) is 11.3 Å². The molecule has 0 radical (unpaired) electrons. The van der Waals surface area contributed by atoms with Crippen LogP contribution in [-0.4, -0.2) is 0 Å². The zero-order valence-corrected chi connectivity index (χ0v) is 24.1. The molecule has 0 saturated carbocycles. The number of fused-ring (bicyclic) bond motifs is 6. The Labute approximate surface area is 256 Å². The van der Waals surface area contributed by atoms with Gasteiger partial charge in [-0.05, 0) is 89.9 Å². The average molecular weight is 565 g/mol. The molecule has 0 atom stereocenters. The lowest BCUT2D eigenvalue weighted by molar-refractivity contribution is 1.63. The molecule has 43 heavy (non-hydrogen) atoms. The second kappa shape index (κ2) is 9.66. The van der Waals surface area contributed by atoms with E-state index in [0.717, 1.165) is 26.4 Å². The van der Waals surface area contributed by atoms with E-state index < -0.39 is 0 Å². The fourth-order valence-corrected chi connectivity index (χ4v) is 7.74. The van der Waals surface area contributed by atoms with Crippen LogP contribution in [0.3, 0.4) is 0 Å². The molecule has 0 N–H and O–H groups in total. The Morgan fingerprint density at radius 1 is 0.372 bits per heavy atom. The van der Waals surface area contributed by atoms with E-state index in [1.165, 1.54) is 59.4 Å². The molecule has 9 rings (SSSR count). The van der Waals surface area contributed by atoms with Crippen molar-refractivity contribution in [2.75, 3.05) is 0 Å². The second-order valence-electron chi connectivity index (χ2n) is 11.1. The normalized spacial score (nSPS) is 12.4. The lowest BCUT2D eigenvalue weighted by Crippen LogP contribution is -1.91. The van der Waals surface area contributed by atoms with Crippen LogP contribution in [0.5, 0.6) is 0 Å². The lowest BCUT2D eigenvalue weighted by atomic mass is 9.85. The van der Waals surface area contributed by atoms with Crippen molar-refractivity contribution in [1.29, 1.82) is 0 Å². The average Bonchev–Trinajstić information content (AvgIpc) is 3.46. The van der Waals surface area contributed by atoms with Gasteiger partial charge in [-0.2, -0.15) is 0 Å². The van der Waals surface area contributed by atoms with Gasteiger partial charge in [-0.15, -0.1) is 11.3 Å². The van der Waals surface area contributed by atoms with Crippen molar-refractivity contribution in [3.8, 4) is 33.4 Å². The Morgan fingerprint density at radius 3 is 1.70 bits per heavy atom. The maximum absolute atomic E-state index is 9.03. The van der Waals surface area contributed by atoms with Crippen LogP contribution in [0.15, 0.2) is 158 Å². The molecule has 8 aromatic carbocycles. The molecule has 1 heteroatoms. The Morgan fingerprint density at radius 2 is 0.977 bits per heavy atom. The molecule has 0 unspecified atom stereocenters. The summed E-state index contributed by atoms with van der Waals surface area (Å²) in [6.45, 7) is 0. The first-order valence-electron chi connectivity index (χ1n) is 15.6. The zero-order valence-electron chi connectivity index (χ0n) is 25.3. The predicted octanol–water partition coefficient (Wildman–Crippen LogP) is 12.5. The number of hydrogen-bond donors (Lipinski definition) is 0. The summed E-state index contributed by atoms with van der Waals surface area (Å²) in [5.41, 5.74) is 7.00. The smallest absolute Gasteiger partial charge is 0.0638 e. The van der Waals surface area contributed by atoms with Gasteiger partial charge in [0.2, 0.25) is 0 Å².